The zero-order valence-corrected chi connectivity index (χ0v) is 15.6. The largest absolute Gasteiger partial charge is 0.352 e. The summed E-state index contributed by atoms with van der Waals surface area (Å²) in [6.45, 7) is 0.738. The molecule has 3 aromatic rings. The summed E-state index contributed by atoms with van der Waals surface area (Å²) in [5.41, 5.74) is 2.29. The summed E-state index contributed by atoms with van der Waals surface area (Å²) in [4.78, 5) is 30.7. The molecule has 1 fully saturated rings. The van der Waals surface area contributed by atoms with Crippen molar-refractivity contribution in [3.05, 3.63) is 71.9 Å². The fourth-order valence-corrected chi connectivity index (χ4v) is 3.49. The highest BCUT2D eigenvalue weighted by atomic mass is 19.1. The number of pyridine rings is 1. The van der Waals surface area contributed by atoms with Crippen LogP contribution >= 0.6 is 0 Å². The van der Waals surface area contributed by atoms with Crippen LogP contribution in [0.4, 0.5) is 4.39 Å². The van der Waals surface area contributed by atoms with Gasteiger partial charge < -0.3 is 10.2 Å². The molecule has 0 spiro atoms. The van der Waals surface area contributed by atoms with Crippen molar-refractivity contribution in [3.63, 3.8) is 0 Å². The Morgan fingerprint density at radius 2 is 2.07 bits per heavy atom. The Bertz CT molecular complexity index is 1020. The van der Waals surface area contributed by atoms with E-state index in [1.54, 1.807) is 29.4 Å². The molecule has 148 valence electrons. The van der Waals surface area contributed by atoms with Gasteiger partial charge in [0.1, 0.15) is 5.82 Å². The molecule has 1 atom stereocenters. The third-order valence-corrected chi connectivity index (χ3v) is 4.92. The summed E-state index contributed by atoms with van der Waals surface area (Å²) in [5, 5.41) is 9.72. The number of nitrogens with zero attached hydrogens (tertiary/aromatic N) is 3. The molecule has 0 aliphatic carbocycles. The van der Waals surface area contributed by atoms with Crippen LogP contribution in [-0.4, -0.2) is 44.5 Å². The molecule has 0 unspecified atom stereocenters. The maximum absolute atomic E-state index is 13.7. The number of H-pyrrole nitrogens is 1. The van der Waals surface area contributed by atoms with Crippen LogP contribution in [0.2, 0.25) is 0 Å². The maximum atomic E-state index is 13.7. The molecule has 2 aromatic heterocycles. The standard InChI is InChI=1S/C21H20FN5O2/c22-16-3-1-2-15(10-16)20-18(11-24-26-20)21(29)27(12-14-6-8-23-9-7-14)13-17-4-5-19(28)25-17/h1-3,6-11,17H,4-5,12-13H2,(H,24,26)(H,25,28)/t17-/m0/s1. The van der Waals surface area contributed by atoms with Gasteiger partial charge in [-0.3, -0.25) is 19.7 Å². The van der Waals surface area contributed by atoms with Gasteiger partial charge in [-0.15, -0.1) is 0 Å². The van der Waals surface area contributed by atoms with E-state index in [1.165, 1.54) is 18.3 Å². The van der Waals surface area contributed by atoms with Crippen molar-refractivity contribution in [1.82, 2.24) is 25.4 Å². The molecular weight excluding hydrogens is 373 g/mol. The Labute approximate surface area is 167 Å². The van der Waals surface area contributed by atoms with Crippen LogP contribution in [0.3, 0.4) is 0 Å². The number of nitrogens with one attached hydrogen (secondary N) is 2. The number of carbonyl (C=O) groups excluding carboxylic acids is 2. The zero-order chi connectivity index (χ0) is 20.2. The lowest BCUT2D eigenvalue weighted by Gasteiger charge is -2.26. The van der Waals surface area contributed by atoms with Crippen molar-refractivity contribution in [3.8, 4) is 11.3 Å². The van der Waals surface area contributed by atoms with Gasteiger partial charge in [-0.2, -0.15) is 5.10 Å². The average Bonchev–Trinajstić information content (AvgIpc) is 3.37. The van der Waals surface area contributed by atoms with E-state index in [-0.39, 0.29) is 17.9 Å². The molecular formula is C21H20FN5O2. The van der Waals surface area contributed by atoms with Crippen molar-refractivity contribution < 1.29 is 14.0 Å². The normalized spacial score (nSPS) is 15.9. The number of hydrogen-bond donors (Lipinski definition) is 2. The third-order valence-electron chi connectivity index (χ3n) is 4.92. The van der Waals surface area contributed by atoms with Gasteiger partial charge in [0.2, 0.25) is 5.91 Å². The van der Waals surface area contributed by atoms with Gasteiger partial charge in [-0.1, -0.05) is 12.1 Å². The number of benzene rings is 1. The molecule has 1 aliphatic rings. The smallest absolute Gasteiger partial charge is 0.258 e. The molecule has 1 saturated heterocycles. The van der Waals surface area contributed by atoms with Crippen LogP contribution in [0.5, 0.6) is 0 Å². The number of aromatic nitrogens is 3. The van der Waals surface area contributed by atoms with Crippen molar-refractivity contribution in [2.24, 2.45) is 0 Å². The quantitative estimate of drug-likeness (QED) is 0.673. The number of rotatable bonds is 6. The molecule has 7 nitrogen and oxygen atoms in total. The van der Waals surface area contributed by atoms with E-state index >= 15 is 0 Å². The summed E-state index contributed by atoms with van der Waals surface area (Å²) in [6.07, 6.45) is 5.94. The second-order valence-electron chi connectivity index (χ2n) is 7.01. The van der Waals surface area contributed by atoms with Crippen molar-refractivity contribution >= 4 is 11.8 Å². The highest BCUT2D eigenvalue weighted by Gasteiger charge is 2.28. The van der Waals surface area contributed by atoms with Gasteiger partial charge in [0.25, 0.3) is 5.91 Å². The van der Waals surface area contributed by atoms with Crippen LogP contribution < -0.4 is 5.32 Å². The van der Waals surface area contributed by atoms with Gasteiger partial charge in [-0.05, 0) is 36.2 Å². The highest BCUT2D eigenvalue weighted by molar-refractivity contribution is 5.99. The van der Waals surface area contributed by atoms with Gasteiger partial charge in [0, 0.05) is 43.5 Å². The first-order chi connectivity index (χ1) is 14.1. The minimum atomic E-state index is -0.391. The second-order valence-corrected chi connectivity index (χ2v) is 7.01. The lowest BCUT2D eigenvalue weighted by molar-refractivity contribution is -0.119. The first kappa shape index (κ1) is 18.8. The van der Waals surface area contributed by atoms with Crippen molar-refractivity contribution in [2.75, 3.05) is 6.54 Å². The third kappa shape index (κ3) is 4.31. The summed E-state index contributed by atoms with van der Waals surface area (Å²) in [6, 6.07) is 9.60. The molecule has 8 heteroatoms. The zero-order valence-electron chi connectivity index (χ0n) is 15.6. The topological polar surface area (TPSA) is 91.0 Å². The molecule has 0 radical (unpaired) electrons. The van der Waals surface area contributed by atoms with Gasteiger partial charge >= 0.3 is 0 Å². The summed E-state index contributed by atoms with van der Waals surface area (Å²) in [7, 11) is 0. The molecule has 1 aliphatic heterocycles. The van der Waals surface area contributed by atoms with E-state index < -0.39 is 5.82 Å². The fraction of sp³-hybridized carbons (Fsp3) is 0.238. The molecule has 2 N–H and O–H groups in total. The molecule has 0 bridgehead atoms. The maximum Gasteiger partial charge on any atom is 0.258 e. The fourth-order valence-electron chi connectivity index (χ4n) is 3.49. The first-order valence-corrected chi connectivity index (χ1v) is 9.37. The van der Waals surface area contributed by atoms with E-state index in [0.717, 1.165) is 5.56 Å². The van der Waals surface area contributed by atoms with Gasteiger partial charge in [0.05, 0.1) is 17.5 Å². The van der Waals surface area contributed by atoms with Crippen LogP contribution in [0.15, 0.2) is 55.0 Å². The highest BCUT2D eigenvalue weighted by Crippen LogP contribution is 2.24. The van der Waals surface area contributed by atoms with Gasteiger partial charge in [0.15, 0.2) is 0 Å². The number of hydrogen-bond acceptors (Lipinski definition) is 4. The average molecular weight is 393 g/mol. The second kappa shape index (κ2) is 8.22. The van der Waals surface area contributed by atoms with E-state index in [2.05, 4.69) is 20.5 Å². The van der Waals surface area contributed by atoms with Crippen molar-refractivity contribution in [1.29, 1.82) is 0 Å². The number of aromatic amines is 1. The molecule has 3 heterocycles. The number of carbonyl (C=O) groups is 2. The summed E-state index contributed by atoms with van der Waals surface area (Å²) in [5.74, 6) is -0.635. The van der Waals surface area contributed by atoms with E-state index in [0.29, 0.717) is 42.8 Å². The Morgan fingerprint density at radius 3 is 2.79 bits per heavy atom. The predicted octanol–water partition coefficient (Wildman–Crippen LogP) is 2.53. The minimum Gasteiger partial charge on any atom is -0.352 e. The lowest BCUT2D eigenvalue weighted by atomic mass is 10.1. The Balaban J connectivity index is 1.63. The van der Waals surface area contributed by atoms with E-state index in [9.17, 15) is 14.0 Å². The lowest BCUT2D eigenvalue weighted by Crippen LogP contribution is -2.41. The monoisotopic (exact) mass is 393 g/mol. The van der Waals surface area contributed by atoms with Gasteiger partial charge in [-0.25, -0.2) is 4.39 Å². The van der Waals surface area contributed by atoms with Crippen LogP contribution in [-0.2, 0) is 11.3 Å². The number of halogens is 1. The molecule has 4 rings (SSSR count). The van der Waals surface area contributed by atoms with E-state index in [4.69, 9.17) is 0 Å². The summed E-state index contributed by atoms with van der Waals surface area (Å²) < 4.78 is 13.7. The van der Waals surface area contributed by atoms with Crippen LogP contribution in [0.1, 0.15) is 28.8 Å². The summed E-state index contributed by atoms with van der Waals surface area (Å²) >= 11 is 0. The van der Waals surface area contributed by atoms with E-state index in [1.807, 2.05) is 12.1 Å². The minimum absolute atomic E-state index is 0.00456. The molecule has 0 saturated carbocycles. The van der Waals surface area contributed by atoms with Crippen molar-refractivity contribution in [2.45, 2.75) is 25.4 Å². The first-order valence-electron chi connectivity index (χ1n) is 9.37. The molecule has 2 amide bonds. The predicted molar refractivity (Wildman–Crippen MR) is 104 cm³/mol. The Kier molecular flexibility index (Phi) is 5.33. The molecule has 29 heavy (non-hydrogen) atoms. The van der Waals surface area contributed by atoms with Crippen LogP contribution in [0.25, 0.3) is 11.3 Å². The number of amides is 2. The van der Waals surface area contributed by atoms with Crippen LogP contribution in [0, 0.1) is 5.82 Å². The Morgan fingerprint density at radius 1 is 1.24 bits per heavy atom. The Hall–Kier alpha value is -3.55. The SMILES string of the molecule is O=C1CC[C@@H](CN(Cc2ccncc2)C(=O)c2cn[nH]c2-c2cccc(F)c2)N1. The molecule has 1 aromatic carbocycles.